The van der Waals surface area contributed by atoms with Crippen molar-refractivity contribution in [2.24, 2.45) is 17.6 Å². The minimum Gasteiger partial charge on any atom is -0.329 e. The predicted molar refractivity (Wildman–Crippen MR) is 74.5 cm³/mol. The summed E-state index contributed by atoms with van der Waals surface area (Å²) in [6.45, 7) is 7.47. The summed E-state index contributed by atoms with van der Waals surface area (Å²) in [6, 6.07) is 0. The molecule has 2 unspecified atom stereocenters. The third-order valence-corrected chi connectivity index (χ3v) is 4.24. The van der Waals surface area contributed by atoms with Gasteiger partial charge in [0.2, 0.25) is 5.92 Å². The molecule has 0 saturated heterocycles. The van der Waals surface area contributed by atoms with Crippen LogP contribution in [0.25, 0.3) is 0 Å². The molecule has 0 amide bonds. The van der Waals surface area contributed by atoms with Crippen LogP contribution < -0.4 is 11.1 Å². The Balaban J connectivity index is 0.00000289. The number of halogens is 3. The Morgan fingerprint density at radius 1 is 1.44 bits per heavy atom. The van der Waals surface area contributed by atoms with E-state index in [1.807, 2.05) is 0 Å². The molecule has 1 saturated carbocycles. The zero-order valence-corrected chi connectivity index (χ0v) is 12.5. The molecule has 0 bridgehead atoms. The van der Waals surface area contributed by atoms with Crippen molar-refractivity contribution >= 4 is 12.4 Å². The van der Waals surface area contributed by atoms with E-state index in [4.69, 9.17) is 5.73 Å². The Hall–Kier alpha value is 0.0700. The van der Waals surface area contributed by atoms with Gasteiger partial charge in [-0.1, -0.05) is 13.8 Å². The number of rotatable bonds is 5. The first-order chi connectivity index (χ1) is 7.79. The Morgan fingerprint density at radius 3 is 2.50 bits per heavy atom. The third kappa shape index (κ3) is 4.98. The first kappa shape index (κ1) is 18.1. The third-order valence-electron chi connectivity index (χ3n) is 4.24. The molecule has 0 aromatic heterocycles. The molecule has 2 nitrogen and oxygen atoms in total. The zero-order chi connectivity index (χ0) is 13.1. The van der Waals surface area contributed by atoms with Crippen molar-refractivity contribution in [3.05, 3.63) is 0 Å². The van der Waals surface area contributed by atoms with Crippen molar-refractivity contribution in [1.29, 1.82) is 0 Å². The number of nitrogens with two attached hydrogens (primary N) is 1. The van der Waals surface area contributed by atoms with Crippen LogP contribution >= 0.6 is 12.4 Å². The summed E-state index contributed by atoms with van der Waals surface area (Å²) < 4.78 is 26.5. The Bertz CT molecular complexity index is 249. The van der Waals surface area contributed by atoms with Gasteiger partial charge in [0.15, 0.2) is 0 Å². The highest BCUT2D eigenvalue weighted by molar-refractivity contribution is 5.85. The minimum absolute atomic E-state index is 0. The molecule has 0 aliphatic heterocycles. The van der Waals surface area contributed by atoms with E-state index < -0.39 is 5.92 Å². The molecule has 1 aliphatic rings. The predicted octanol–water partition coefficient (Wildman–Crippen LogP) is 3.20. The fraction of sp³-hybridized carbons (Fsp3) is 1.00. The maximum Gasteiger partial charge on any atom is 0.248 e. The average Bonchev–Trinajstić information content (AvgIpc) is 2.24. The van der Waals surface area contributed by atoms with Gasteiger partial charge >= 0.3 is 0 Å². The second kappa shape index (κ2) is 7.01. The molecule has 110 valence electrons. The maximum absolute atomic E-state index is 13.3. The molecule has 18 heavy (non-hydrogen) atoms. The molecule has 3 N–H and O–H groups in total. The highest BCUT2D eigenvalue weighted by atomic mass is 35.5. The molecule has 0 aromatic rings. The summed E-state index contributed by atoms with van der Waals surface area (Å²) in [5.74, 6) is -1.97. The van der Waals surface area contributed by atoms with Gasteiger partial charge in [-0.25, -0.2) is 8.78 Å². The summed E-state index contributed by atoms with van der Waals surface area (Å²) >= 11 is 0. The van der Waals surface area contributed by atoms with Crippen LogP contribution in [0.5, 0.6) is 0 Å². The van der Waals surface area contributed by atoms with E-state index in [1.54, 1.807) is 0 Å². The van der Waals surface area contributed by atoms with Gasteiger partial charge in [-0.15, -0.1) is 12.4 Å². The topological polar surface area (TPSA) is 38.0 Å². The lowest BCUT2D eigenvalue weighted by molar-refractivity contribution is -0.0530. The largest absolute Gasteiger partial charge is 0.329 e. The highest BCUT2D eigenvalue weighted by Gasteiger charge is 2.37. The quantitative estimate of drug-likeness (QED) is 0.814. The van der Waals surface area contributed by atoms with Gasteiger partial charge in [-0.05, 0) is 38.1 Å². The molecule has 2 atom stereocenters. The van der Waals surface area contributed by atoms with Gasteiger partial charge in [0.1, 0.15) is 0 Å². The second-order valence-corrected chi connectivity index (χ2v) is 5.98. The lowest BCUT2D eigenvalue weighted by atomic mass is 9.84. The van der Waals surface area contributed by atoms with E-state index in [2.05, 4.69) is 26.1 Å². The van der Waals surface area contributed by atoms with Crippen LogP contribution in [-0.4, -0.2) is 24.6 Å². The van der Waals surface area contributed by atoms with Crippen molar-refractivity contribution in [3.8, 4) is 0 Å². The monoisotopic (exact) mass is 284 g/mol. The zero-order valence-electron chi connectivity index (χ0n) is 11.6. The number of hydrogen-bond acceptors (Lipinski definition) is 2. The van der Waals surface area contributed by atoms with Crippen molar-refractivity contribution in [1.82, 2.24) is 5.32 Å². The van der Waals surface area contributed by atoms with Gasteiger partial charge in [0.25, 0.3) is 0 Å². The van der Waals surface area contributed by atoms with E-state index in [0.717, 1.165) is 6.42 Å². The number of nitrogens with one attached hydrogen (secondary N) is 1. The Kier molecular flexibility index (Phi) is 7.04. The van der Waals surface area contributed by atoms with Crippen LogP contribution in [0.1, 0.15) is 46.5 Å². The second-order valence-electron chi connectivity index (χ2n) is 5.98. The molecule has 0 spiro atoms. The van der Waals surface area contributed by atoms with E-state index in [0.29, 0.717) is 25.4 Å². The fourth-order valence-corrected chi connectivity index (χ4v) is 2.34. The highest BCUT2D eigenvalue weighted by Crippen LogP contribution is 2.36. The maximum atomic E-state index is 13.3. The van der Waals surface area contributed by atoms with Crippen molar-refractivity contribution < 1.29 is 8.78 Å². The van der Waals surface area contributed by atoms with Crippen LogP contribution in [0, 0.1) is 11.8 Å². The minimum atomic E-state index is -2.46. The van der Waals surface area contributed by atoms with Crippen molar-refractivity contribution in [3.63, 3.8) is 0 Å². The van der Waals surface area contributed by atoms with Crippen LogP contribution in [-0.2, 0) is 0 Å². The summed E-state index contributed by atoms with van der Waals surface area (Å²) in [6.07, 6.45) is 1.63. The van der Waals surface area contributed by atoms with Gasteiger partial charge in [-0.3, -0.25) is 0 Å². The molecule has 0 radical (unpaired) electrons. The molecule has 0 heterocycles. The molecular formula is C13H27ClF2N2. The van der Waals surface area contributed by atoms with Crippen molar-refractivity contribution in [2.75, 3.05) is 13.1 Å². The molecule has 5 heteroatoms. The van der Waals surface area contributed by atoms with Gasteiger partial charge in [-0.2, -0.15) is 0 Å². The normalized spacial score (nSPS) is 26.5. The van der Waals surface area contributed by atoms with E-state index in [-0.39, 0.29) is 36.7 Å². The lowest BCUT2D eigenvalue weighted by Crippen LogP contribution is -2.54. The summed E-state index contributed by atoms with van der Waals surface area (Å²) in [5, 5.41) is 3.39. The SMILES string of the molecule is CC(C)C(C)(CN)NCC1CCCC(F)(F)C1.Cl. The van der Waals surface area contributed by atoms with Crippen LogP contribution in [0.15, 0.2) is 0 Å². The number of hydrogen-bond donors (Lipinski definition) is 2. The van der Waals surface area contributed by atoms with Crippen LogP contribution in [0.4, 0.5) is 8.78 Å². The van der Waals surface area contributed by atoms with Crippen molar-refractivity contribution in [2.45, 2.75) is 57.9 Å². The van der Waals surface area contributed by atoms with Crippen LogP contribution in [0.2, 0.25) is 0 Å². The Labute approximate surface area is 115 Å². The van der Waals surface area contributed by atoms with E-state index in [9.17, 15) is 8.78 Å². The van der Waals surface area contributed by atoms with Gasteiger partial charge < -0.3 is 11.1 Å². The van der Waals surface area contributed by atoms with Gasteiger partial charge in [0, 0.05) is 24.9 Å². The molecule has 0 aromatic carbocycles. The fourth-order valence-electron chi connectivity index (χ4n) is 2.34. The first-order valence-corrected chi connectivity index (χ1v) is 6.62. The first-order valence-electron chi connectivity index (χ1n) is 6.62. The Morgan fingerprint density at radius 2 is 2.06 bits per heavy atom. The lowest BCUT2D eigenvalue weighted by Gasteiger charge is -2.37. The van der Waals surface area contributed by atoms with E-state index >= 15 is 0 Å². The molecule has 1 fully saturated rings. The van der Waals surface area contributed by atoms with E-state index in [1.165, 1.54) is 0 Å². The number of alkyl halides is 2. The van der Waals surface area contributed by atoms with Crippen LogP contribution in [0.3, 0.4) is 0 Å². The standard InChI is InChI=1S/C13H26F2N2.ClH/c1-10(2)12(3,9-16)17-8-11-5-4-6-13(14,15)7-11;/h10-11,17H,4-9,16H2,1-3H3;1H. The van der Waals surface area contributed by atoms with Gasteiger partial charge in [0.05, 0.1) is 0 Å². The smallest absolute Gasteiger partial charge is 0.248 e. The molecular weight excluding hydrogens is 258 g/mol. The summed E-state index contributed by atoms with van der Waals surface area (Å²) in [4.78, 5) is 0. The summed E-state index contributed by atoms with van der Waals surface area (Å²) in [5.41, 5.74) is 5.62. The average molecular weight is 285 g/mol. The molecule has 1 rings (SSSR count). The summed E-state index contributed by atoms with van der Waals surface area (Å²) in [7, 11) is 0. The molecule has 1 aliphatic carbocycles.